The van der Waals surface area contributed by atoms with Crippen LogP contribution >= 0.6 is 11.3 Å². The molecule has 0 amide bonds. The van der Waals surface area contributed by atoms with Gasteiger partial charge < -0.3 is 10.6 Å². The molecular weight excluding hydrogens is 182 g/mol. The van der Waals surface area contributed by atoms with E-state index in [0.29, 0.717) is 5.41 Å². The number of hydrogen-bond acceptors (Lipinski definition) is 4. The summed E-state index contributed by atoms with van der Waals surface area (Å²) in [7, 11) is 0. The van der Waals surface area contributed by atoms with Crippen molar-refractivity contribution in [1.82, 2.24) is 4.98 Å². The lowest BCUT2D eigenvalue weighted by Crippen LogP contribution is -2.22. The van der Waals surface area contributed by atoms with Gasteiger partial charge in [0.05, 0.1) is 6.20 Å². The molecule has 72 valence electrons. The van der Waals surface area contributed by atoms with Gasteiger partial charge in [-0.1, -0.05) is 25.2 Å². The molecule has 1 aliphatic heterocycles. The lowest BCUT2D eigenvalue weighted by atomic mass is 9.93. The van der Waals surface area contributed by atoms with Crippen LogP contribution < -0.4 is 10.6 Å². The van der Waals surface area contributed by atoms with Crippen LogP contribution in [-0.2, 0) is 0 Å². The molecule has 2 rings (SSSR count). The van der Waals surface area contributed by atoms with Crippen LogP contribution in [0.1, 0.15) is 20.3 Å². The van der Waals surface area contributed by atoms with Crippen molar-refractivity contribution in [2.75, 3.05) is 23.7 Å². The highest BCUT2D eigenvalue weighted by Gasteiger charge is 2.30. The zero-order valence-corrected chi connectivity index (χ0v) is 8.90. The average Bonchev–Trinajstić information content (AvgIpc) is 2.56. The second kappa shape index (κ2) is 2.87. The zero-order valence-electron chi connectivity index (χ0n) is 8.08. The number of anilines is 2. The molecule has 0 radical (unpaired) electrons. The Morgan fingerprint density at radius 2 is 2.38 bits per heavy atom. The largest absolute Gasteiger partial charge is 0.389 e. The first-order valence-corrected chi connectivity index (χ1v) is 5.35. The third-order valence-electron chi connectivity index (χ3n) is 2.46. The van der Waals surface area contributed by atoms with Gasteiger partial charge in [0.2, 0.25) is 0 Å². The van der Waals surface area contributed by atoms with Crippen LogP contribution in [0.5, 0.6) is 0 Å². The lowest BCUT2D eigenvalue weighted by molar-refractivity contribution is 0.418. The minimum atomic E-state index is 0.431. The third kappa shape index (κ3) is 1.77. The van der Waals surface area contributed by atoms with Gasteiger partial charge in [0.15, 0.2) is 5.13 Å². The molecule has 1 aromatic heterocycles. The molecule has 4 heteroatoms. The van der Waals surface area contributed by atoms with Crippen LogP contribution in [0.4, 0.5) is 10.1 Å². The fourth-order valence-corrected chi connectivity index (χ4v) is 2.41. The van der Waals surface area contributed by atoms with Crippen LogP contribution in [0.2, 0.25) is 0 Å². The highest BCUT2D eigenvalue weighted by molar-refractivity contribution is 7.19. The summed E-state index contributed by atoms with van der Waals surface area (Å²) in [5, 5.41) is 1.88. The number of aromatic nitrogens is 1. The average molecular weight is 197 g/mol. The topological polar surface area (TPSA) is 42.2 Å². The van der Waals surface area contributed by atoms with Crippen molar-refractivity contribution in [3.8, 4) is 0 Å². The van der Waals surface area contributed by atoms with E-state index in [0.717, 1.165) is 23.2 Å². The highest BCUT2D eigenvalue weighted by atomic mass is 32.1. The molecule has 0 spiro atoms. The molecular formula is C9H15N3S. The van der Waals surface area contributed by atoms with Crippen molar-refractivity contribution in [1.29, 1.82) is 0 Å². The van der Waals surface area contributed by atoms with Crippen molar-refractivity contribution >= 4 is 21.5 Å². The minimum Gasteiger partial charge on any atom is -0.389 e. The maximum Gasteiger partial charge on any atom is 0.187 e. The van der Waals surface area contributed by atoms with Crippen LogP contribution in [0.15, 0.2) is 6.20 Å². The molecule has 1 fully saturated rings. The van der Waals surface area contributed by atoms with E-state index in [1.54, 1.807) is 17.5 Å². The molecule has 0 aromatic carbocycles. The predicted molar refractivity (Wildman–Crippen MR) is 57.1 cm³/mol. The number of rotatable bonds is 1. The van der Waals surface area contributed by atoms with E-state index in [9.17, 15) is 0 Å². The fraction of sp³-hybridized carbons (Fsp3) is 0.667. The van der Waals surface area contributed by atoms with E-state index in [1.165, 1.54) is 6.42 Å². The zero-order chi connectivity index (χ0) is 9.47. The van der Waals surface area contributed by atoms with Crippen LogP contribution in [0.25, 0.3) is 0 Å². The van der Waals surface area contributed by atoms with Gasteiger partial charge in [-0.25, -0.2) is 4.98 Å². The van der Waals surface area contributed by atoms with Crippen molar-refractivity contribution in [2.24, 2.45) is 5.41 Å². The first-order valence-electron chi connectivity index (χ1n) is 4.53. The Morgan fingerprint density at radius 3 is 2.85 bits per heavy atom. The van der Waals surface area contributed by atoms with Crippen LogP contribution in [0, 0.1) is 5.41 Å². The summed E-state index contributed by atoms with van der Waals surface area (Å²) in [6.07, 6.45) is 2.98. The number of hydrogen-bond donors (Lipinski definition) is 1. The van der Waals surface area contributed by atoms with Gasteiger partial charge in [-0.15, -0.1) is 0 Å². The summed E-state index contributed by atoms with van der Waals surface area (Å²) in [4.78, 5) is 6.60. The smallest absolute Gasteiger partial charge is 0.187 e. The molecule has 13 heavy (non-hydrogen) atoms. The molecule has 0 unspecified atom stereocenters. The van der Waals surface area contributed by atoms with Crippen LogP contribution in [0.3, 0.4) is 0 Å². The summed E-state index contributed by atoms with van der Waals surface area (Å²) >= 11 is 1.58. The van der Waals surface area contributed by atoms with Crippen LogP contribution in [-0.4, -0.2) is 18.1 Å². The SMILES string of the molecule is CC1(C)CCN(c2ncc(N)s2)C1. The summed E-state index contributed by atoms with van der Waals surface area (Å²) < 4.78 is 0. The molecule has 0 atom stereocenters. The maximum absolute atomic E-state index is 5.64. The molecule has 2 heterocycles. The summed E-state index contributed by atoms with van der Waals surface area (Å²) in [5.74, 6) is 0. The van der Waals surface area contributed by atoms with Gasteiger partial charge in [-0.2, -0.15) is 0 Å². The first kappa shape index (κ1) is 8.81. The maximum atomic E-state index is 5.64. The Labute approximate surface area is 82.6 Å². The van der Waals surface area contributed by atoms with Crippen molar-refractivity contribution in [2.45, 2.75) is 20.3 Å². The van der Waals surface area contributed by atoms with Gasteiger partial charge in [0, 0.05) is 13.1 Å². The number of thiazole rings is 1. The van der Waals surface area contributed by atoms with E-state index < -0.39 is 0 Å². The van der Waals surface area contributed by atoms with E-state index in [2.05, 4.69) is 23.7 Å². The standard InChI is InChI=1S/C9H15N3S/c1-9(2)3-4-12(6-9)8-11-5-7(10)13-8/h5H,3-4,6,10H2,1-2H3. The molecule has 1 saturated heterocycles. The van der Waals surface area contributed by atoms with Crippen molar-refractivity contribution < 1.29 is 0 Å². The van der Waals surface area contributed by atoms with E-state index in [4.69, 9.17) is 5.73 Å². The van der Waals surface area contributed by atoms with Crippen molar-refractivity contribution in [3.05, 3.63) is 6.20 Å². The van der Waals surface area contributed by atoms with Gasteiger partial charge in [0.1, 0.15) is 5.00 Å². The Hall–Kier alpha value is -0.770. The first-order chi connectivity index (χ1) is 6.07. The lowest BCUT2D eigenvalue weighted by Gasteiger charge is -2.18. The predicted octanol–water partition coefficient (Wildman–Crippen LogP) is 1.96. The molecule has 0 bridgehead atoms. The summed E-state index contributed by atoms with van der Waals surface area (Å²) in [6, 6.07) is 0. The van der Waals surface area contributed by atoms with Gasteiger partial charge in [0.25, 0.3) is 0 Å². The highest BCUT2D eigenvalue weighted by Crippen LogP contribution is 2.34. The third-order valence-corrected chi connectivity index (χ3v) is 3.35. The van der Waals surface area contributed by atoms with E-state index >= 15 is 0 Å². The van der Waals surface area contributed by atoms with E-state index in [1.807, 2.05) is 0 Å². The summed E-state index contributed by atoms with van der Waals surface area (Å²) in [5.41, 5.74) is 6.07. The molecule has 0 saturated carbocycles. The second-order valence-electron chi connectivity index (χ2n) is 4.38. The van der Waals surface area contributed by atoms with Gasteiger partial charge in [-0.05, 0) is 11.8 Å². The summed E-state index contributed by atoms with van der Waals surface area (Å²) in [6.45, 7) is 6.80. The molecule has 0 aliphatic carbocycles. The Kier molecular flexibility index (Phi) is 1.95. The molecule has 3 nitrogen and oxygen atoms in total. The normalized spacial score (nSPS) is 20.9. The fourth-order valence-electron chi connectivity index (χ4n) is 1.70. The Balaban J connectivity index is 2.12. The molecule has 1 aliphatic rings. The van der Waals surface area contributed by atoms with Crippen molar-refractivity contribution in [3.63, 3.8) is 0 Å². The quantitative estimate of drug-likeness (QED) is 0.748. The number of nitrogens with two attached hydrogens (primary N) is 1. The molecule has 1 aromatic rings. The van der Waals surface area contributed by atoms with Gasteiger partial charge >= 0.3 is 0 Å². The Morgan fingerprint density at radius 1 is 1.62 bits per heavy atom. The minimum absolute atomic E-state index is 0.431. The van der Waals surface area contributed by atoms with E-state index in [-0.39, 0.29) is 0 Å². The molecule has 2 N–H and O–H groups in total. The monoisotopic (exact) mass is 197 g/mol. The number of nitrogen functional groups attached to an aromatic ring is 1. The second-order valence-corrected chi connectivity index (χ2v) is 5.42. The van der Waals surface area contributed by atoms with Gasteiger partial charge in [-0.3, -0.25) is 0 Å². The Bertz CT molecular complexity index is 306. The number of nitrogens with zero attached hydrogens (tertiary/aromatic N) is 2.